The summed E-state index contributed by atoms with van der Waals surface area (Å²) in [5.41, 5.74) is 0. The molecule has 0 aliphatic carbocycles. The van der Waals surface area contributed by atoms with Gasteiger partial charge in [0.15, 0.2) is 0 Å². The third kappa shape index (κ3) is 35.2. The van der Waals surface area contributed by atoms with Crippen molar-refractivity contribution >= 4 is 6.29 Å². The van der Waals surface area contributed by atoms with Crippen LogP contribution >= 0.6 is 0 Å². The largest absolute Gasteiger partial charge is 0.542 e. The van der Waals surface area contributed by atoms with Gasteiger partial charge in [-0.15, -0.1) is 0 Å². The minimum Gasteiger partial charge on any atom is -0.542 e. The van der Waals surface area contributed by atoms with Crippen molar-refractivity contribution in [2.45, 2.75) is 6.92 Å². The molecule has 4 radical (unpaired) electrons. The smallest absolute Gasteiger partial charge is 0.0267 e. The molecule has 3 aromatic rings. The summed E-state index contributed by atoms with van der Waals surface area (Å²) in [4.78, 5) is 20.0. The number of hydrogen-bond acceptors (Lipinski definition) is 4. The molecule has 0 aromatic carbocycles. The summed E-state index contributed by atoms with van der Waals surface area (Å²) >= 11 is 0. The van der Waals surface area contributed by atoms with Crippen LogP contribution in [-0.2, 0) is 71.9 Å². The van der Waals surface area contributed by atoms with Gasteiger partial charge in [-0.3, -0.25) is 21.2 Å². The van der Waals surface area contributed by atoms with Crippen molar-refractivity contribution < 1.29 is 71.9 Å². The van der Waals surface area contributed by atoms with Crippen LogP contribution in [0.25, 0.3) is 0 Å². The summed E-state index contributed by atoms with van der Waals surface area (Å²) in [5, 5.41) is 0. The number of aromatic nitrogens is 3. The second-order valence-corrected chi connectivity index (χ2v) is 3.28. The molecule has 8 heteroatoms. The van der Waals surface area contributed by atoms with Crippen molar-refractivity contribution in [1.82, 2.24) is 15.0 Å². The van der Waals surface area contributed by atoms with E-state index in [0.717, 1.165) is 0 Å². The molecular formula is C17H18Co4N3O-. The average molecular weight is 516 g/mol. The van der Waals surface area contributed by atoms with E-state index in [1.54, 1.807) is 37.2 Å². The Bertz CT molecular complexity index is 365. The van der Waals surface area contributed by atoms with Crippen LogP contribution in [0, 0.1) is 0 Å². The van der Waals surface area contributed by atoms with Crippen LogP contribution in [0.3, 0.4) is 0 Å². The molecule has 0 amide bonds. The van der Waals surface area contributed by atoms with Gasteiger partial charge in [0, 0.05) is 104 Å². The van der Waals surface area contributed by atoms with E-state index in [4.69, 9.17) is 4.79 Å². The Labute approximate surface area is 190 Å². The first-order chi connectivity index (χ1) is 10.4. The Morgan fingerprint density at radius 2 is 0.640 bits per heavy atom. The first kappa shape index (κ1) is 35.3. The van der Waals surface area contributed by atoms with E-state index >= 15 is 0 Å². The Balaban J connectivity index is -0.0000000692. The number of nitrogens with zero attached hydrogens (tertiary/aromatic N) is 3. The van der Waals surface area contributed by atoms with Crippen LogP contribution in [-0.4, -0.2) is 21.2 Å². The van der Waals surface area contributed by atoms with Crippen LogP contribution < -0.4 is 0 Å². The molecule has 0 atom stereocenters. The quantitative estimate of drug-likeness (QED) is 0.431. The van der Waals surface area contributed by atoms with Crippen molar-refractivity contribution in [3.05, 3.63) is 91.8 Å². The van der Waals surface area contributed by atoms with Crippen molar-refractivity contribution in [3.8, 4) is 0 Å². The topological polar surface area (TPSA) is 55.7 Å². The van der Waals surface area contributed by atoms with E-state index in [2.05, 4.69) is 15.0 Å². The molecule has 0 spiro atoms. The maximum Gasteiger partial charge on any atom is 0.0267 e. The summed E-state index contributed by atoms with van der Waals surface area (Å²) in [6, 6.07) is 17.1. The van der Waals surface area contributed by atoms with Gasteiger partial charge in [0.05, 0.1) is 0 Å². The predicted molar refractivity (Wildman–Crippen MR) is 84.1 cm³/mol. The zero-order valence-electron chi connectivity index (χ0n) is 13.2. The standard InChI is InChI=1S/3C5H5N.C2H3O.4Co/c3*1-2-4-6-5-3-1;1-2-3;;;;/h3*1-5H;1H3;;;;/q;;;-1;;;;. The van der Waals surface area contributed by atoms with Gasteiger partial charge in [-0.2, -0.15) is 6.92 Å². The average Bonchev–Trinajstić information content (AvgIpc) is 2.61. The van der Waals surface area contributed by atoms with Crippen LogP contribution in [0.4, 0.5) is 0 Å². The van der Waals surface area contributed by atoms with Gasteiger partial charge >= 0.3 is 0 Å². The summed E-state index contributed by atoms with van der Waals surface area (Å²) in [6.45, 7) is 1.32. The van der Waals surface area contributed by atoms with Crippen LogP contribution in [0.15, 0.2) is 91.8 Å². The third-order valence-corrected chi connectivity index (χ3v) is 1.70. The van der Waals surface area contributed by atoms with Crippen molar-refractivity contribution in [3.63, 3.8) is 0 Å². The SMILES string of the molecule is C[C-]=O.[Co].[Co].[Co].[Co].c1ccncc1.c1ccncc1.c1ccncc1. The molecule has 0 aliphatic rings. The monoisotopic (exact) mass is 516 g/mol. The first-order valence-corrected chi connectivity index (χ1v) is 6.25. The van der Waals surface area contributed by atoms with Gasteiger partial charge in [-0.1, -0.05) is 18.2 Å². The van der Waals surface area contributed by atoms with Crippen molar-refractivity contribution in [1.29, 1.82) is 0 Å². The van der Waals surface area contributed by atoms with Crippen LogP contribution in [0.5, 0.6) is 0 Å². The zero-order valence-corrected chi connectivity index (χ0v) is 17.4. The Hall–Kier alpha value is -0.854. The summed E-state index contributed by atoms with van der Waals surface area (Å²) in [5.74, 6) is 0. The van der Waals surface area contributed by atoms with E-state index < -0.39 is 0 Å². The van der Waals surface area contributed by atoms with Crippen LogP contribution in [0.1, 0.15) is 6.92 Å². The molecule has 3 rings (SSSR count). The van der Waals surface area contributed by atoms with E-state index in [0.29, 0.717) is 0 Å². The molecule has 4 nitrogen and oxygen atoms in total. The molecule has 0 fully saturated rings. The maximum absolute atomic E-state index is 8.68. The molecule has 0 N–H and O–H groups in total. The van der Waals surface area contributed by atoms with E-state index in [-0.39, 0.29) is 67.1 Å². The summed E-state index contributed by atoms with van der Waals surface area (Å²) < 4.78 is 0. The Morgan fingerprint density at radius 3 is 0.680 bits per heavy atom. The number of hydrogen-bond donors (Lipinski definition) is 0. The first-order valence-electron chi connectivity index (χ1n) is 6.25. The second kappa shape index (κ2) is 34.5. The van der Waals surface area contributed by atoms with Gasteiger partial charge in [-0.25, -0.2) is 0 Å². The second-order valence-electron chi connectivity index (χ2n) is 3.28. The zero-order chi connectivity index (χ0) is 15.4. The molecule has 0 unspecified atom stereocenters. The fraction of sp³-hybridized carbons (Fsp3) is 0.0588. The predicted octanol–water partition coefficient (Wildman–Crippen LogP) is 3.35. The van der Waals surface area contributed by atoms with Gasteiger partial charge in [0.25, 0.3) is 0 Å². The van der Waals surface area contributed by atoms with Gasteiger partial charge in [-0.05, 0) is 36.4 Å². The normalized spacial score (nSPS) is 6.28. The third-order valence-electron chi connectivity index (χ3n) is 1.70. The Kier molecular flexibility index (Phi) is 48.7. The van der Waals surface area contributed by atoms with Crippen molar-refractivity contribution in [2.75, 3.05) is 0 Å². The van der Waals surface area contributed by atoms with Gasteiger partial charge < -0.3 is 4.79 Å². The Morgan fingerprint density at radius 1 is 0.480 bits per heavy atom. The van der Waals surface area contributed by atoms with Crippen molar-refractivity contribution in [2.24, 2.45) is 0 Å². The molecule has 0 bridgehead atoms. The molecule has 144 valence electrons. The molecule has 25 heavy (non-hydrogen) atoms. The molecule has 3 aromatic heterocycles. The number of carbonyl (C=O) groups excluding carboxylic acids is 1. The van der Waals surface area contributed by atoms with E-state index in [1.165, 1.54) is 13.2 Å². The van der Waals surface area contributed by atoms with Gasteiger partial charge in [0.1, 0.15) is 0 Å². The molecular weight excluding hydrogens is 498 g/mol. The summed E-state index contributed by atoms with van der Waals surface area (Å²) in [7, 11) is 0. The molecule has 0 saturated heterocycles. The fourth-order valence-corrected chi connectivity index (χ4v) is 0.938. The van der Waals surface area contributed by atoms with E-state index in [1.807, 2.05) is 54.6 Å². The molecule has 0 saturated carbocycles. The molecule has 0 aliphatic heterocycles. The molecule has 3 heterocycles. The number of rotatable bonds is 0. The van der Waals surface area contributed by atoms with E-state index in [9.17, 15) is 0 Å². The fourth-order valence-electron chi connectivity index (χ4n) is 0.938. The van der Waals surface area contributed by atoms with Gasteiger partial charge in [0.2, 0.25) is 0 Å². The number of pyridine rings is 3. The van der Waals surface area contributed by atoms with Crippen LogP contribution in [0.2, 0.25) is 0 Å². The minimum atomic E-state index is 0. The summed E-state index contributed by atoms with van der Waals surface area (Å²) in [6.07, 6.45) is 12.0. The maximum atomic E-state index is 8.68. The minimum absolute atomic E-state index is 0.